The van der Waals surface area contributed by atoms with E-state index in [2.05, 4.69) is 66.1 Å². The van der Waals surface area contributed by atoms with Gasteiger partial charge >= 0.3 is 0 Å². The molecule has 0 saturated heterocycles. The summed E-state index contributed by atoms with van der Waals surface area (Å²) in [6, 6.07) is 18.8. The highest BCUT2D eigenvalue weighted by Crippen LogP contribution is 2.09. The topological polar surface area (TPSA) is 24.1 Å². The van der Waals surface area contributed by atoms with Gasteiger partial charge in [-0.15, -0.1) is 0 Å². The molecule has 2 N–H and O–H groups in total. The first kappa shape index (κ1) is 14.5. The Morgan fingerprint density at radius 1 is 0.950 bits per heavy atom. The highest BCUT2D eigenvalue weighted by molar-refractivity contribution is 7.80. The lowest BCUT2D eigenvalue weighted by molar-refractivity contribution is 0.873. The first-order valence-corrected chi connectivity index (χ1v) is 7.36. The molecule has 0 aromatic heterocycles. The van der Waals surface area contributed by atoms with Crippen LogP contribution in [0.15, 0.2) is 54.6 Å². The van der Waals surface area contributed by atoms with Crippen molar-refractivity contribution in [1.82, 2.24) is 5.32 Å². The van der Waals surface area contributed by atoms with Gasteiger partial charge in [-0.3, -0.25) is 0 Å². The van der Waals surface area contributed by atoms with Crippen molar-refractivity contribution in [3.05, 3.63) is 65.7 Å². The normalized spacial score (nSPS) is 10.1. The van der Waals surface area contributed by atoms with E-state index < -0.39 is 0 Å². The number of hydrogen-bond donors (Lipinski definition) is 2. The first-order valence-electron chi connectivity index (χ1n) is 6.95. The van der Waals surface area contributed by atoms with Crippen molar-refractivity contribution >= 4 is 23.0 Å². The maximum atomic E-state index is 5.29. The number of thiocarbonyl (C=S) groups is 1. The van der Waals surface area contributed by atoms with Crippen LogP contribution >= 0.6 is 12.2 Å². The van der Waals surface area contributed by atoms with Gasteiger partial charge in [0.05, 0.1) is 0 Å². The van der Waals surface area contributed by atoms with Gasteiger partial charge in [0.25, 0.3) is 0 Å². The maximum Gasteiger partial charge on any atom is 0.170 e. The molecule has 0 unspecified atom stereocenters. The quantitative estimate of drug-likeness (QED) is 0.817. The molecule has 2 nitrogen and oxygen atoms in total. The number of nitrogens with one attached hydrogen (secondary N) is 2. The summed E-state index contributed by atoms with van der Waals surface area (Å²) in [6.45, 7) is 2.99. The summed E-state index contributed by atoms with van der Waals surface area (Å²) in [5.74, 6) is 0. The third kappa shape index (κ3) is 4.67. The van der Waals surface area contributed by atoms with E-state index in [9.17, 15) is 0 Å². The minimum absolute atomic E-state index is 0.671. The summed E-state index contributed by atoms with van der Waals surface area (Å²) >= 11 is 5.29. The lowest BCUT2D eigenvalue weighted by atomic mass is 10.1. The van der Waals surface area contributed by atoms with Crippen molar-refractivity contribution < 1.29 is 0 Å². The Morgan fingerprint density at radius 2 is 1.65 bits per heavy atom. The minimum atomic E-state index is 0.671. The zero-order valence-corrected chi connectivity index (χ0v) is 12.5. The molecular formula is C17H20N2S. The van der Waals surface area contributed by atoms with Crippen LogP contribution in [0.25, 0.3) is 0 Å². The van der Waals surface area contributed by atoms with Crippen molar-refractivity contribution in [2.75, 3.05) is 11.9 Å². The van der Waals surface area contributed by atoms with Gasteiger partial charge in [0.1, 0.15) is 0 Å². The summed E-state index contributed by atoms with van der Waals surface area (Å²) in [4.78, 5) is 0. The van der Waals surface area contributed by atoms with Gasteiger partial charge < -0.3 is 10.6 Å². The molecule has 0 saturated carbocycles. The van der Waals surface area contributed by atoms with E-state index in [0.717, 1.165) is 25.1 Å². The largest absolute Gasteiger partial charge is 0.362 e. The molecule has 0 fully saturated rings. The first-order chi connectivity index (χ1) is 9.78. The molecule has 2 rings (SSSR count). The maximum absolute atomic E-state index is 5.29. The van der Waals surface area contributed by atoms with Crippen LogP contribution in [0.4, 0.5) is 5.69 Å². The van der Waals surface area contributed by atoms with Gasteiger partial charge in [0.2, 0.25) is 0 Å². The van der Waals surface area contributed by atoms with E-state index in [4.69, 9.17) is 12.2 Å². The lowest BCUT2D eigenvalue weighted by Crippen LogP contribution is -2.30. The fourth-order valence-electron chi connectivity index (χ4n) is 1.96. The van der Waals surface area contributed by atoms with Gasteiger partial charge in [0.15, 0.2) is 5.11 Å². The van der Waals surface area contributed by atoms with Gasteiger partial charge in [-0.25, -0.2) is 0 Å². The molecule has 3 heteroatoms. The molecule has 0 radical (unpaired) electrons. The third-order valence-electron chi connectivity index (χ3n) is 3.16. The molecule has 20 heavy (non-hydrogen) atoms. The summed E-state index contributed by atoms with van der Waals surface area (Å²) in [6.07, 6.45) is 2.03. The van der Waals surface area contributed by atoms with Crippen molar-refractivity contribution in [2.24, 2.45) is 0 Å². The molecule has 104 valence electrons. The Morgan fingerprint density at radius 3 is 2.30 bits per heavy atom. The molecule has 0 heterocycles. The zero-order valence-electron chi connectivity index (χ0n) is 11.7. The molecule has 0 aliphatic heterocycles. The van der Waals surface area contributed by atoms with Crippen LogP contribution in [0.1, 0.15) is 18.1 Å². The molecule has 0 amide bonds. The summed E-state index contributed by atoms with van der Waals surface area (Å²) < 4.78 is 0. The molecule has 2 aromatic carbocycles. The van der Waals surface area contributed by atoms with E-state index in [1.807, 2.05) is 6.07 Å². The standard InChI is InChI=1S/C17H20N2S/c1-2-14-8-10-16(11-9-14)19-17(20)18-13-12-15-6-4-3-5-7-15/h3-11H,2,12-13H2,1H3,(H2,18,19,20). The monoisotopic (exact) mass is 284 g/mol. The van der Waals surface area contributed by atoms with Crippen LogP contribution in [0.2, 0.25) is 0 Å². The fourth-order valence-corrected chi connectivity index (χ4v) is 2.18. The fraction of sp³-hybridized carbons (Fsp3) is 0.235. The predicted molar refractivity (Wildman–Crippen MR) is 90.2 cm³/mol. The number of rotatable bonds is 5. The smallest absolute Gasteiger partial charge is 0.170 e. The predicted octanol–water partition coefficient (Wildman–Crippen LogP) is 3.78. The zero-order chi connectivity index (χ0) is 14.2. The van der Waals surface area contributed by atoms with Crippen molar-refractivity contribution in [3.8, 4) is 0 Å². The second kappa shape index (κ2) is 7.65. The number of anilines is 1. The van der Waals surface area contributed by atoms with Gasteiger partial charge in [-0.1, -0.05) is 49.4 Å². The summed E-state index contributed by atoms with van der Waals surface area (Å²) in [5, 5.41) is 7.10. The molecule has 0 spiro atoms. The Hall–Kier alpha value is -1.87. The molecule has 0 atom stereocenters. The van der Waals surface area contributed by atoms with Gasteiger partial charge in [-0.05, 0) is 48.3 Å². The third-order valence-corrected chi connectivity index (χ3v) is 3.41. The van der Waals surface area contributed by atoms with Crippen molar-refractivity contribution in [3.63, 3.8) is 0 Å². The van der Waals surface area contributed by atoms with Crippen molar-refractivity contribution in [2.45, 2.75) is 19.8 Å². The van der Waals surface area contributed by atoms with Crippen LogP contribution < -0.4 is 10.6 Å². The Kier molecular flexibility index (Phi) is 5.56. The SMILES string of the molecule is CCc1ccc(NC(=S)NCCc2ccccc2)cc1. The molecule has 0 aliphatic rings. The average molecular weight is 284 g/mol. The van der Waals surface area contributed by atoms with Gasteiger partial charge in [-0.2, -0.15) is 0 Å². The molecule has 0 bridgehead atoms. The Bertz CT molecular complexity index is 535. The van der Waals surface area contributed by atoms with Crippen molar-refractivity contribution in [1.29, 1.82) is 0 Å². The Balaban J connectivity index is 1.74. The highest BCUT2D eigenvalue weighted by Gasteiger charge is 1.98. The highest BCUT2D eigenvalue weighted by atomic mass is 32.1. The number of hydrogen-bond acceptors (Lipinski definition) is 1. The number of aryl methyl sites for hydroxylation is 1. The minimum Gasteiger partial charge on any atom is -0.362 e. The van der Waals surface area contributed by atoms with E-state index in [1.54, 1.807) is 0 Å². The molecular weight excluding hydrogens is 264 g/mol. The molecule has 2 aromatic rings. The lowest BCUT2D eigenvalue weighted by Gasteiger charge is -2.11. The summed E-state index contributed by atoms with van der Waals surface area (Å²) in [7, 11) is 0. The Labute approximate surface area is 126 Å². The van der Waals surface area contributed by atoms with Crippen LogP contribution in [0, 0.1) is 0 Å². The average Bonchev–Trinajstić information content (AvgIpc) is 2.49. The molecule has 0 aliphatic carbocycles. The number of benzene rings is 2. The van der Waals surface area contributed by atoms with Crippen LogP contribution in [-0.4, -0.2) is 11.7 Å². The second-order valence-corrected chi connectivity index (χ2v) is 5.08. The van der Waals surface area contributed by atoms with Crippen LogP contribution in [0.3, 0.4) is 0 Å². The van der Waals surface area contributed by atoms with Gasteiger partial charge in [0, 0.05) is 12.2 Å². The van der Waals surface area contributed by atoms with E-state index in [0.29, 0.717) is 5.11 Å². The second-order valence-electron chi connectivity index (χ2n) is 4.67. The van der Waals surface area contributed by atoms with Crippen LogP contribution in [-0.2, 0) is 12.8 Å². The van der Waals surface area contributed by atoms with E-state index >= 15 is 0 Å². The summed E-state index contributed by atoms with van der Waals surface area (Å²) in [5.41, 5.74) is 3.67. The van der Waals surface area contributed by atoms with Crippen LogP contribution in [0.5, 0.6) is 0 Å². The van der Waals surface area contributed by atoms with E-state index in [-0.39, 0.29) is 0 Å². The van der Waals surface area contributed by atoms with E-state index in [1.165, 1.54) is 11.1 Å².